The van der Waals surface area contributed by atoms with E-state index in [1.165, 1.54) is 0 Å². The van der Waals surface area contributed by atoms with Crippen LogP contribution in [0.5, 0.6) is 5.88 Å². The number of anilines is 2. The summed E-state index contributed by atoms with van der Waals surface area (Å²) in [6, 6.07) is 9.74. The second-order valence-electron chi connectivity index (χ2n) is 4.06. The van der Waals surface area contributed by atoms with E-state index >= 15 is 0 Å². The van der Waals surface area contributed by atoms with Gasteiger partial charge in [-0.1, -0.05) is 12.1 Å². The summed E-state index contributed by atoms with van der Waals surface area (Å²) < 4.78 is 5.38. The van der Waals surface area contributed by atoms with Gasteiger partial charge >= 0.3 is 0 Å². The van der Waals surface area contributed by atoms with Gasteiger partial charge in [0.2, 0.25) is 11.8 Å². The summed E-state index contributed by atoms with van der Waals surface area (Å²) in [4.78, 5) is 10.5. The van der Waals surface area contributed by atoms with Crippen LogP contribution in [0.3, 0.4) is 0 Å². The smallest absolute Gasteiger partial charge is 0.232 e. The number of aromatic nitrogens is 2. The van der Waals surface area contributed by atoms with E-state index in [0.29, 0.717) is 25.0 Å². The maximum absolute atomic E-state index is 5.65. The molecule has 0 saturated heterocycles. The van der Waals surface area contributed by atoms with Gasteiger partial charge in [-0.25, -0.2) is 4.98 Å². The fraction of sp³-hybridized carbons (Fsp3) is 0.286. The fourth-order valence-electron chi connectivity index (χ4n) is 1.73. The van der Waals surface area contributed by atoms with Crippen molar-refractivity contribution in [3.05, 3.63) is 42.1 Å². The Kier molecular flexibility index (Phi) is 4.30. The first-order valence-corrected chi connectivity index (χ1v) is 6.23. The molecule has 0 atom stereocenters. The Morgan fingerprint density at radius 2 is 2.16 bits per heavy atom. The predicted molar refractivity (Wildman–Crippen MR) is 75.6 cm³/mol. The van der Waals surface area contributed by atoms with E-state index in [9.17, 15) is 0 Å². The number of rotatable bonds is 5. The third-order valence-electron chi connectivity index (χ3n) is 2.74. The molecule has 2 N–H and O–H groups in total. The van der Waals surface area contributed by atoms with Crippen LogP contribution in [-0.4, -0.2) is 23.6 Å². The zero-order chi connectivity index (χ0) is 13.7. The number of nitrogens with two attached hydrogens (primary N) is 1. The molecule has 0 fully saturated rings. The van der Waals surface area contributed by atoms with Crippen LogP contribution in [0.2, 0.25) is 0 Å². The van der Waals surface area contributed by atoms with E-state index in [1.54, 1.807) is 12.3 Å². The van der Waals surface area contributed by atoms with Crippen LogP contribution in [0.15, 0.2) is 36.5 Å². The van der Waals surface area contributed by atoms with Gasteiger partial charge in [-0.05, 0) is 24.6 Å². The maximum Gasteiger partial charge on any atom is 0.232 e. The second kappa shape index (κ2) is 6.15. The van der Waals surface area contributed by atoms with Crippen LogP contribution in [0.25, 0.3) is 0 Å². The van der Waals surface area contributed by atoms with Gasteiger partial charge in [-0.2, -0.15) is 4.98 Å². The Bertz CT molecular complexity index is 544. The molecule has 0 aliphatic rings. The topological polar surface area (TPSA) is 64.3 Å². The molecule has 19 heavy (non-hydrogen) atoms. The molecule has 0 amide bonds. The third-order valence-corrected chi connectivity index (χ3v) is 2.74. The first-order valence-electron chi connectivity index (χ1n) is 6.23. The molecule has 1 aromatic carbocycles. The van der Waals surface area contributed by atoms with Crippen molar-refractivity contribution in [2.75, 3.05) is 18.6 Å². The average molecular weight is 258 g/mol. The van der Waals surface area contributed by atoms with Crippen molar-refractivity contribution in [3.63, 3.8) is 0 Å². The highest BCUT2D eigenvalue weighted by Gasteiger charge is 2.08. The molecule has 0 radical (unpaired) electrons. The third kappa shape index (κ3) is 3.20. The lowest BCUT2D eigenvalue weighted by molar-refractivity contribution is 0.326. The first kappa shape index (κ1) is 13.3. The highest BCUT2D eigenvalue weighted by Crippen LogP contribution is 2.22. The maximum atomic E-state index is 5.65. The van der Waals surface area contributed by atoms with Crippen molar-refractivity contribution in [1.82, 2.24) is 9.97 Å². The zero-order valence-corrected chi connectivity index (χ0v) is 11.2. The number of nitrogens with zero attached hydrogens (tertiary/aromatic N) is 3. The van der Waals surface area contributed by atoms with Crippen molar-refractivity contribution < 1.29 is 4.74 Å². The highest BCUT2D eigenvalue weighted by atomic mass is 16.5. The molecule has 2 rings (SSSR count). The van der Waals surface area contributed by atoms with Crippen LogP contribution in [0, 0.1) is 0 Å². The summed E-state index contributed by atoms with van der Waals surface area (Å²) in [6.45, 7) is 3.03. The van der Waals surface area contributed by atoms with Crippen LogP contribution >= 0.6 is 0 Å². The van der Waals surface area contributed by atoms with Gasteiger partial charge in [0.05, 0.1) is 6.61 Å². The minimum absolute atomic E-state index is 0.515. The van der Waals surface area contributed by atoms with Gasteiger partial charge in [0.1, 0.15) is 0 Å². The largest absolute Gasteiger partial charge is 0.478 e. The monoisotopic (exact) mass is 258 g/mol. The summed E-state index contributed by atoms with van der Waals surface area (Å²) in [5, 5.41) is 0. The van der Waals surface area contributed by atoms with E-state index in [4.69, 9.17) is 10.5 Å². The van der Waals surface area contributed by atoms with Crippen LogP contribution in [0.1, 0.15) is 12.5 Å². The van der Waals surface area contributed by atoms with E-state index in [-0.39, 0.29) is 0 Å². The summed E-state index contributed by atoms with van der Waals surface area (Å²) in [6.07, 6.45) is 1.69. The molecule has 0 aliphatic carbocycles. The summed E-state index contributed by atoms with van der Waals surface area (Å²) in [7, 11) is 1.92. The molecule has 2 aromatic rings. The number of hydrogen-bond donors (Lipinski definition) is 1. The van der Waals surface area contributed by atoms with Crippen molar-refractivity contribution in [3.8, 4) is 5.88 Å². The van der Waals surface area contributed by atoms with Gasteiger partial charge in [0.15, 0.2) is 0 Å². The summed E-state index contributed by atoms with van der Waals surface area (Å²) >= 11 is 0. The van der Waals surface area contributed by atoms with E-state index < -0.39 is 0 Å². The predicted octanol–water partition coefficient (Wildman–Crippen LogP) is 2.10. The molecular formula is C14H18N4O. The highest BCUT2D eigenvalue weighted by molar-refractivity contribution is 5.57. The van der Waals surface area contributed by atoms with Crippen molar-refractivity contribution in [1.29, 1.82) is 0 Å². The number of ether oxygens (including phenoxy) is 1. The average Bonchev–Trinajstić information content (AvgIpc) is 2.47. The molecule has 1 aromatic heterocycles. The number of hydrogen-bond acceptors (Lipinski definition) is 5. The minimum Gasteiger partial charge on any atom is -0.478 e. The standard InChI is InChI=1S/C14H18N4O/c1-3-19-13-7-8-16-14(17-13)18(2)12-6-4-5-11(9-12)10-15/h4-9H,3,10,15H2,1-2H3. The SMILES string of the molecule is CCOc1ccnc(N(C)c2cccc(CN)c2)n1. The lowest BCUT2D eigenvalue weighted by Crippen LogP contribution is -2.14. The van der Waals surface area contributed by atoms with Gasteiger partial charge in [0.25, 0.3) is 0 Å². The lowest BCUT2D eigenvalue weighted by atomic mass is 10.2. The van der Waals surface area contributed by atoms with E-state index in [0.717, 1.165) is 11.3 Å². The first-order chi connectivity index (χ1) is 9.24. The number of benzene rings is 1. The molecule has 0 aliphatic heterocycles. The quantitative estimate of drug-likeness (QED) is 0.889. The van der Waals surface area contributed by atoms with Crippen molar-refractivity contribution in [2.24, 2.45) is 5.73 Å². The Morgan fingerprint density at radius 3 is 2.89 bits per heavy atom. The van der Waals surface area contributed by atoms with E-state index in [1.807, 2.05) is 43.1 Å². The van der Waals surface area contributed by atoms with Crippen LogP contribution in [0.4, 0.5) is 11.6 Å². The lowest BCUT2D eigenvalue weighted by Gasteiger charge is -2.18. The summed E-state index contributed by atoms with van der Waals surface area (Å²) in [5.74, 6) is 1.18. The van der Waals surface area contributed by atoms with Crippen molar-refractivity contribution >= 4 is 11.6 Å². The normalized spacial score (nSPS) is 10.3. The molecule has 0 bridgehead atoms. The summed E-state index contributed by atoms with van der Waals surface area (Å²) in [5.41, 5.74) is 7.72. The molecular weight excluding hydrogens is 240 g/mol. The zero-order valence-electron chi connectivity index (χ0n) is 11.2. The molecule has 1 heterocycles. The molecule has 0 spiro atoms. The van der Waals surface area contributed by atoms with Gasteiger partial charge in [0, 0.05) is 31.5 Å². The Balaban J connectivity index is 2.27. The van der Waals surface area contributed by atoms with Crippen LogP contribution < -0.4 is 15.4 Å². The Morgan fingerprint density at radius 1 is 1.32 bits per heavy atom. The van der Waals surface area contributed by atoms with E-state index in [2.05, 4.69) is 9.97 Å². The molecule has 5 heteroatoms. The Labute approximate surface area is 113 Å². The molecule has 5 nitrogen and oxygen atoms in total. The molecule has 100 valence electrons. The van der Waals surface area contributed by atoms with Crippen LogP contribution in [-0.2, 0) is 6.54 Å². The van der Waals surface area contributed by atoms with Gasteiger partial charge < -0.3 is 15.4 Å². The second-order valence-corrected chi connectivity index (χ2v) is 4.06. The molecule has 0 unspecified atom stereocenters. The minimum atomic E-state index is 0.515. The van der Waals surface area contributed by atoms with Crippen molar-refractivity contribution in [2.45, 2.75) is 13.5 Å². The van der Waals surface area contributed by atoms with Gasteiger partial charge in [-0.15, -0.1) is 0 Å². The molecule has 0 saturated carbocycles. The Hall–Kier alpha value is -2.14. The van der Waals surface area contributed by atoms with Gasteiger partial charge in [-0.3, -0.25) is 0 Å². The fourth-order valence-corrected chi connectivity index (χ4v) is 1.73.